The van der Waals surface area contributed by atoms with Crippen molar-refractivity contribution in [3.63, 3.8) is 0 Å². The fourth-order valence-corrected chi connectivity index (χ4v) is 0.955. The van der Waals surface area contributed by atoms with Crippen LogP contribution in [0.3, 0.4) is 0 Å². The van der Waals surface area contributed by atoms with Gasteiger partial charge >= 0.3 is 0 Å². The molecule has 0 bridgehead atoms. The maximum Gasteiger partial charge on any atom is 0.0270 e. The normalized spacial score (nSPS) is 9.30. The second-order valence-corrected chi connectivity index (χ2v) is 2.93. The van der Waals surface area contributed by atoms with Gasteiger partial charge in [-0.05, 0) is 29.5 Å². The summed E-state index contributed by atoms with van der Waals surface area (Å²) in [5, 5.41) is 0. The summed E-state index contributed by atoms with van der Waals surface area (Å²) in [6.07, 6.45) is 4.46. The van der Waals surface area contributed by atoms with E-state index in [9.17, 15) is 0 Å². The molecule has 52 valence electrons. The molecule has 0 saturated carbocycles. The highest BCUT2D eigenvalue weighted by Crippen LogP contribution is 1.98. The molecule has 1 aromatic heterocycles. The molecular weight excluding hydrogens is 142 g/mol. The van der Waals surface area contributed by atoms with Crippen LogP contribution in [0.25, 0.3) is 0 Å². The van der Waals surface area contributed by atoms with E-state index in [2.05, 4.69) is 4.98 Å². The third kappa shape index (κ3) is 2.23. The lowest BCUT2D eigenvalue weighted by molar-refractivity contribution is 1.25. The summed E-state index contributed by atoms with van der Waals surface area (Å²) >= 11 is 4.96. The summed E-state index contributed by atoms with van der Waals surface area (Å²) in [7, 11) is 0. The van der Waals surface area contributed by atoms with Crippen LogP contribution in [0.2, 0.25) is 0 Å². The fourth-order valence-electron chi connectivity index (χ4n) is 0.788. The summed E-state index contributed by atoms with van der Waals surface area (Å²) in [5.41, 5.74) is 1.24. The maximum atomic E-state index is 4.96. The van der Waals surface area contributed by atoms with Crippen molar-refractivity contribution < 1.29 is 0 Å². The van der Waals surface area contributed by atoms with Crippen LogP contribution in [-0.2, 0) is 6.42 Å². The van der Waals surface area contributed by atoms with E-state index in [1.807, 2.05) is 19.1 Å². The summed E-state index contributed by atoms with van der Waals surface area (Å²) in [6, 6.07) is 3.96. The zero-order valence-corrected chi connectivity index (χ0v) is 6.69. The average molecular weight is 151 g/mol. The minimum absolute atomic E-state index is 0.887. The van der Waals surface area contributed by atoms with E-state index in [1.54, 1.807) is 12.4 Å². The lowest BCUT2D eigenvalue weighted by Crippen LogP contribution is -1.92. The van der Waals surface area contributed by atoms with E-state index in [0.29, 0.717) is 0 Å². The third-order valence-corrected chi connectivity index (χ3v) is 1.35. The Kier molecular flexibility index (Phi) is 2.51. The largest absolute Gasteiger partial charge is 0.265 e. The molecular formula is C8H9NS. The van der Waals surface area contributed by atoms with Gasteiger partial charge in [-0.1, -0.05) is 12.2 Å². The molecule has 2 heteroatoms. The van der Waals surface area contributed by atoms with Gasteiger partial charge in [-0.2, -0.15) is 0 Å². The standard InChI is InChI=1S/C8H9NS/c1-7(10)6-8-2-4-9-5-3-8/h2-5H,6H2,1H3. The molecule has 0 amide bonds. The van der Waals surface area contributed by atoms with Gasteiger partial charge in [-0.15, -0.1) is 0 Å². The van der Waals surface area contributed by atoms with Crippen LogP contribution in [0.1, 0.15) is 12.5 Å². The van der Waals surface area contributed by atoms with Crippen LogP contribution in [0.4, 0.5) is 0 Å². The number of aromatic nitrogens is 1. The lowest BCUT2D eigenvalue weighted by atomic mass is 10.2. The Morgan fingerprint density at radius 2 is 2.10 bits per heavy atom. The first-order valence-electron chi connectivity index (χ1n) is 3.17. The molecule has 0 unspecified atom stereocenters. The third-order valence-electron chi connectivity index (χ3n) is 1.20. The number of hydrogen-bond donors (Lipinski definition) is 0. The van der Waals surface area contributed by atoms with Gasteiger partial charge in [0.1, 0.15) is 0 Å². The van der Waals surface area contributed by atoms with Crippen LogP contribution in [0.5, 0.6) is 0 Å². The highest BCUT2D eigenvalue weighted by molar-refractivity contribution is 7.80. The fraction of sp³-hybridized carbons (Fsp3) is 0.250. The van der Waals surface area contributed by atoms with Crippen LogP contribution >= 0.6 is 12.2 Å². The quantitative estimate of drug-likeness (QED) is 0.600. The predicted molar refractivity (Wildman–Crippen MR) is 46.2 cm³/mol. The van der Waals surface area contributed by atoms with Crippen molar-refractivity contribution in [2.45, 2.75) is 13.3 Å². The van der Waals surface area contributed by atoms with Crippen molar-refractivity contribution >= 4 is 17.1 Å². The molecule has 1 nitrogen and oxygen atoms in total. The molecule has 0 saturated heterocycles. The molecule has 0 aliphatic heterocycles. The van der Waals surface area contributed by atoms with Crippen molar-refractivity contribution in [1.29, 1.82) is 0 Å². The van der Waals surface area contributed by atoms with Crippen LogP contribution in [0, 0.1) is 0 Å². The Morgan fingerprint density at radius 1 is 1.50 bits per heavy atom. The van der Waals surface area contributed by atoms with E-state index in [1.165, 1.54) is 5.56 Å². The van der Waals surface area contributed by atoms with Gasteiger partial charge in [0.05, 0.1) is 0 Å². The molecule has 0 aromatic carbocycles. The van der Waals surface area contributed by atoms with E-state index in [0.717, 1.165) is 11.3 Å². The van der Waals surface area contributed by atoms with E-state index in [4.69, 9.17) is 12.2 Å². The minimum Gasteiger partial charge on any atom is -0.265 e. The number of nitrogens with zero attached hydrogens (tertiary/aromatic N) is 1. The van der Waals surface area contributed by atoms with Gasteiger partial charge in [0.25, 0.3) is 0 Å². The smallest absolute Gasteiger partial charge is 0.0270 e. The Morgan fingerprint density at radius 3 is 2.60 bits per heavy atom. The molecule has 1 heterocycles. The second-order valence-electron chi connectivity index (χ2n) is 2.23. The van der Waals surface area contributed by atoms with Crippen molar-refractivity contribution in [2.75, 3.05) is 0 Å². The number of rotatable bonds is 2. The lowest BCUT2D eigenvalue weighted by Gasteiger charge is -1.95. The molecule has 0 atom stereocenters. The topological polar surface area (TPSA) is 12.9 Å². The van der Waals surface area contributed by atoms with E-state index < -0.39 is 0 Å². The number of pyridine rings is 1. The van der Waals surface area contributed by atoms with Crippen molar-refractivity contribution in [3.8, 4) is 0 Å². The molecule has 0 spiro atoms. The summed E-state index contributed by atoms with van der Waals surface area (Å²) in [4.78, 5) is 4.93. The van der Waals surface area contributed by atoms with Crippen LogP contribution < -0.4 is 0 Å². The number of thiocarbonyl (C=S) groups is 1. The SMILES string of the molecule is CC(=S)Cc1ccncc1. The number of hydrogen-bond acceptors (Lipinski definition) is 2. The van der Waals surface area contributed by atoms with E-state index >= 15 is 0 Å². The minimum atomic E-state index is 0.887. The first-order valence-corrected chi connectivity index (χ1v) is 3.58. The zero-order valence-electron chi connectivity index (χ0n) is 5.87. The molecule has 0 N–H and O–H groups in total. The molecule has 1 rings (SSSR count). The second kappa shape index (κ2) is 3.42. The van der Waals surface area contributed by atoms with Crippen LogP contribution in [0.15, 0.2) is 24.5 Å². The van der Waals surface area contributed by atoms with Gasteiger partial charge in [0.15, 0.2) is 0 Å². The molecule has 0 aliphatic carbocycles. The van der Waals surface area contributed by atoms with Gasteiger partial charge in [0, 0.05) is 18.8 Å². The molecule has 10 heavy (non-hydrogen) atoms. The summed E-state index contributed by atoms with van der Waals surface area (Å²) < 4.78 is 0. The van der Waals surface area contributed by atoms with Crippen LogP contribution in [-0.4, -0.2) is 9.85 Å². The Bertz CT molecular complexity index is 218. The molecule has 0 radical (unpaired) electrons. The highest BCUT2D eigenvalue weighted by atomic mass is 32.1. The summed E-state index contributed by atoms with van der Waals surface area (Å²) in [5.74, 6) is 0. The first-order chi connectivity index (χ1) is 4.79. The Labute approximate surface area is 66.1 Å². The van der Waals surface area contributed by atoms with Gasteiger partial charge < -0.3 is 0 Å². The van der Waals surface area contributed by atoms with E-state index in [-0.39, 0.29) is 0 Å². The monoisotopic (exact) mass is 151 g/mol. The van der Waals surface area contributed by atoms with Crippen molar-refractivity contribution in [3.05, 3.63) is 30.1 Å². The van der Waals surface area contributed by atoms with Gasteiger partial charge in [-0.25, -0.2) is 0 Å². The van der Waals surface area contributed by atoms with Gasteiger partial charge in [-0.3, -0.25) is 4.98 Å². The van der Waals surface area contributed by atoms with Crippen molar-refractivity contribution in [1.82, 2.24) is 4.98 Å². The molecule has 0 fully saturated rings. The average Bonchev–Trinajstić information content (AvgIpc) is 1.88. The first kappa shape index (κ1) is 7.35. The predicted octanol–water partition coefficient (Wildman–Crippen LogP) is 2.01. The summed E-state index contributed by atoms with van der Waals surface area (Å²) in [6.45, 7) is 1.95. The Hall–Kier alpha value is -0.760. The van der Waals surface area contributed by atoms with Gasteiger partial charge in [0.2, 0.25) is 0 Å². The molecule has 1 aromatic rings. The maximum absolute atomic E-state index is 4.96. The van der Waals surface area contributed by atoms with Crippen molar-refractivity contribution in [2.24, 2.45) is 0 Å². The Balaban J connectivity index is 2.67. The highest BCUT2D eigenvalue weighted by Gasteiger charge is 1.90. The zero-order chi connectivity index (χ0) is 7.40. The molecule has 0 aliphatic rings.